The average Bonchev–Trinajstić information content (AvgIpc) is 2.27. The van der Waals surface area contributed by atoms with E-state index in [1.165, 1.54) is 22.4 Å². The molecule has 2 heteroatoms. The Hall–Kier alpha value is -0.470. The molecule has 88 valence electrons. The van der Waals surface area contributed by atoms with Gasteiger partial charge < -0.3 is 5.32 Å². The highest BCUT2D eigenvalue weighted by atomic mass is 32.2. The number of thioether (sulfide) groups is 1. The minimum atomic E-state index is 0.532. The van der Waals surface area contributed by atoms with E-state index >= 15 is 0 Å². The molecule has 1 aliphatic heterocycles. The Labute approximate surface area is 103 Å². The number of rotatable bonds is 2. The van der Waals surface area contributed by atoms with E-state index < -0.39 is 0 Å². The van der Waals surface area contributed by atoms with E-state index in [0.717, 1.165) is 5.25 Å². The van der Waals surface area contributed by atoms with Crippen molar-refractivity contribution in [2.24, 2.45) is 0 Å². The van der Waals surface area contributed by atoms with Crippen LogP contribution in [0.1, 0.15) is 50.3 Å². The van der Waals surface area contributed by atoms with Crippen molar-refractivity contribution < 1.29 is 0 Å². The van der Waals surface area contributed by atoms with Gasteiger partial charge in [0.25, 0.3) is 0 Å². The normalized spacial score (nSPS) is 24.6. The maximum Gasteiger partial charge on any atom is 0.0339 e. The summed E-state index contributed by atoms with van der Waals surface area (Å²) in [5.74, 6) is 0.618. The molecule has 1 heterocycles. The fraction of sp³-hybridized carbons (Fsp3) is 0.571. The average molecular weight is 235 g/mol. The van der Waals surface area contributed by atoms with Gasteiger partial charge in [0.15, 0.2) is 0 Å². The van der Waals surface area contributed by atoms with Gasteiger partial charge in [0.1, 0.15) is 0 Å². The van der Waals surface area contributed by atoms with Gasteiger partial charge in [0.05, 0.1) is 0 Å². The van der Waals surface area contributed by atoms with Crippen molar-refractivity contribution in [3.05, 3.63) is 29.3 Å². The van der Waals surface area contributed by atoms with Gasteiger partial charge in [-0.05, 0) is 36.6 Å². The second-order valence-corrected chi connectivity index (χ2v) is 6.44. The zero-order valence-corrected chi connectivity index (χ0v) is 11.4. The number of hydrogen-bond donors (Lipinski definition) is 1. The van der Waals surface area contributed by atoms with Gasteiger partial charge in [0, 0.05) is 16.2 Å². The van der Waals surface area contributed by atoms with E-state index in [0.29, 0.717) is 12.0 Å². The first kappa shape index (κ1) is 12.0. The van der Waals surface area contributed by atoms with Crippen LogP contribution in [0.25, 0.3) is 0 Å². The molecule has 0 saturated heterocycles. The lowest BCUT2D eigenvalue weighted by Crippen LogP contribution is -2.24. The topological polar surface area (TPSA) is 12.0 Å². The Morgan fingerprint density at radius 1 is 1.38 bits per heavy atom. The predicted molar refractivity (Wildman–Crippen MR) is 72.3 cm³/mol. The Morgan fingerprint density at radius 3 is 2.75 bits per heavy atom. The van der Waals surface area contributed by atoms with Crippen LogP contribution in [0.2, 0.25) is 0 Å². The first-order chi connectivity index (χ1) is 7.61. The third-order valence-electron chi connectivity index (χ3n) is 3.32. The number of hydrogen-bond acceptors (Lipinski definition) is 2. The third-order valence-corrected chi connectivity index (χ3v) is 4.54. The molecule has 1 aromatic carbocycles. The van der Waals surface area contributed by atoms with Crippen molar-refractivity contribution in [1.29, 1.82) is 0 Å². The van der Waals surface area contributed by atoms with Gasteiger partial charge in [-0.15, -0.1) is 11.8 Å². The van der Waals surface area contributed by atoms with Crippen molar-refractivity contribution in [2.45, 2.75) is 49.3 Å². The Kier molecular flexibility index (Phi) is 3.60. The van der Waals surface area contributed by atoms with Crippen LogP contribution in [-0.4, -0.2) is 12.3 Å². The maximum absolute atomic E-state index is 3.44. The van der Waals surface area contributed by atoms with Gasteiger partial charge in [-0.2, -0.15) is 0 Å². The first-order valence-corrected chi connectivity index (χ1v) is 6.97. The summed E-state index contributed by atoms with van der Waals surface area (Å²) in [5, 5.41) is 4.16. The molecule has 1 N–H and O–H groups in total. The second kappa shape index (κ2) is 4.80. The zero-order chi connectivity index (χ0) is 11.7. The monoisotopic (exact) mass is 235 g/mol. The van der Waals surface area contributed by atoms with E-state index in [4.69, 9.17) is 0 Å². The highest BCUT2D eigenvalue weighted by molar-refractivity contribution is 8.00. The number of nitrogens with one attached hydrogen (secondary N) is 1. The highest BCUT2D eigenvalue weighted by Crippen LogP contribution is 2.41. The molecule has 2 rings (SSSR count). The van der Waals surface area contributed by atoms with Gasteiger partial charge in [-0.3, -0.25) is 0 Å². The molecule has 2 unspecified atom stereocenters. The van der Waals surface area contributed by atoms with Crippen LogP contribution >= 0.6 is 11.8 Å². The largest absolute Gasteiger partial charge is 0.313 e. The Balaban J connectivity index is 2.39. The van der Waals surface area contributed by atoms with Crippen molar-refractivity contribution in [3.63, 3.8) is 0 Å². The minimum absolute atomic E-state index is 0.532. The van der Waals surface area contributed by atoms with E-state index in [9.17, 15) is 0 Å². The summed E-state index contributed by atoms with van der Waals surface area (Å²) in [6.45, 7) is 6.83. The maximum atomic E-state index is 3.44. The smallest absolute Gasteiger partial charge is 0.0339 e. The summed E-state index contributed by atoms with van der Waals surface area (Å²) in [5.41, 5.74) is 2.95. The highest BCUT2D eigenvalue weighted by Gasteiger charge is 2.24. The molecule has 0 radical (unpaired) electrons. The van der Waals surface area contributed by atoms with Crippen molar-refractivity contribution in [1.82, 2.24) is 5.32 Å². The van der Waals surface area contributed by atoms with Crippen molar-refractivity contribution >= 4 is 11.8 Å². The molecule has 0 bridgehead atoms. The lowest BCUT2D eigenvalue weighted by molar-refractivity contribution is 0.530. The van der Waals surface area contributed by atoms with Crippen LogP contribution in [0, 0.1) is 0 Å². The predicted octanol–water partition coefficient (Wildman–Crippen LogP) is 3.95. The summed E-state index contributed by atoms with van der Waals surface area (Å²) < 4.78 is 0. The van der Waals surface area contributed by atoms with Crippen LogP contribution < -0.4 is 5.32 Å². The molecule has 1 aliphatic rings. The van der Waals surface area contributed by atoms with Crippen LogP contribution in [0.15, 0.2) is 23.1 Å². The summed E-state index contributed by atoms with van der Waals surface area (Å²) >= 11 is 2.01. The molecule has 0 aliphatic carbocycles. The molecule has 0 aromatic heterocycles. The quantitative estimate of drug-likeness (QED) is 0.833. The standard InChI is InChI=1S/C14H21NS/c1-9(2)11-5-6-14-12(8-11)13(15-4)7-10(3)16-14/h5-6,8-10,13,15H,7H2,1-4H3. The summed E-state index contributed by atoms with van der Waals surface area (Å²) in [7, 11) is 2.07. The SMILES string of the molecule is CNC1CC(C)Sc2ccc(C(C)C)cc21. The van der Waals surface area contributed by atoms with Crippen LogP contribution in [-0.2, 0) is 0 Å². The molecule has 2 atom stereocenters. The van der Waals surface area contributed by atoms with E-state index in [2.05, 4.69) is 51.3 Å². The Morgan fingerprint density at radius 2 is 2.12 bits per heavy atom. The lowest BCUT2D eigenvalue weighted by Gasteiger charge is -2.29. The number of fused-ring (bicyclic) bond motifs is 1. The minimum Gasteiger partial charge on any atom is -0.313 e. The lowest BCUT2D eigenvalue weighted by atomic mass is 9.95. The molecule has 1 nitrogen and oxygen atoms in total. The summed E-state index contributed by atoms with van der Waals surface area (Å²) in [4.78, 5) is 1.46. The van der Waals surface area contributed by atoms with Crippen LogP contribution in [0.5, 0.6) is 0 Å². The molecule has 16 heavy (non-hydrogen) atoms. The molecule has 0 fully saturated rings. The molecule has 0 spiro atoms. The van der Waals surface area contributed by atoms with Gasteiger partial charge in [-0.1, -0.05) is 32.9 Å². The Bertz CT molecular complexity index is 373. The van der Waals surface area contributed by atoms with Crippen LogP contribution in [0.3, 0.4) is 0 Å². The van der Waals surface area contributed by atoms with Crippen LogP contribution in [0.4, 0.5) is 0 Å². The molecular formula is C14H21NS. The number of benzene rings is 1. The van der Waals surface area contributed by atoms with E-state index in [-0.39, 0.29) is 0 Å². The van der Waals surface area contributed by atoms with Crippen molar-refractivity contribution in [3.8, 4) is 0 Å². The third kappa shape index (κ3) is 2.28. The van der Waals surface area contributed by atoms with E-state index in [1.807, 2.05) is 11.8 Å². The molecular weight excluding hydrogens is 214 g/mol. The summed E-state index contributed by atoms with van der Waals surface area (Å²) in [6, 6.07) is 7.50. The molecule has 0 amide bonds. The van der Waals surface area contributed by atoms with Gasteiger partial charge in [0.2, 0.25) is 0 Å². The van der Waals surface area contributed by atoms with Crippen molar-refractivity contribution in [2.75, 3.05) is 7.05 Å². The fourth-order valence-corrected chi connectivity index (χ4v) is 3.51. The van der Waals surface area contributed by atoms with Gasteiger partial charge >= 0.3 is 0 Å². The zero-order valence-electron chi connectivity index (χ0n) is 10.6. The second-order valence-electron chi connectivity index (χ2n) is 4.96. The molecule has 1 aromatic rings. The first-order valence-electron chi connectivity index (χ1n) is 6.09. The molecule has 0 saturated carbocycles. The van der Waals surface area contributed by atoms with E-state index in [1.54, 1.807) is 0 Å². The summed E-state index contributed by atoms with van der Waals surface area (Å²) in [6.07, 6.45) is 1.23. The van der Waals surface area contributed by atoms with Gasteiger partial charge in [-0.25, -0.2) is 0 Å². The fourth-order valence-electron chi connectivity index (χ4n) is 2.30.